The molecule has 1 amide bonds. The first-order chi connectivity index (χ1) is 11.7. The van der Waals surface area contributed by atoms with Crippen molar-refractivity contribution in [3.05, 3.63) is 59.9 Å². The summed E-state index contributed by atoms with van der Waals surface area (Å²) >= 11 is 0. The van der Waals surface area contributed by atoms with E-state index in [4.69, 9.17) is 0 Å². The van der Waals surface area contributed by atoms with Crippen LogP contribution in [0, 0.1) is 5.92 Å². The van der Waals surface area contributed by atoms with E-state index in [1.54, 1.807) is 17.3 Å². The molecule has 1 aliphatic rings. The average molecular weight is 325 g/mol. The van der Waals surface area contributed by atoms with Gasteiger partial charge in [0.25, 0.3) is 0 Å². The minimum Gasteiger partial charge on any atom is -0.395 e. The van der Waals surface area contributed by atoms with Crippen molar-refractivity contribution in [2.24, 2.45) is 5.92 Å². The van der Waals surface area contributed by atoms with Gasteiger partial charge in [0, 0.05) is 44.8 Å². The molecule has 1 N–H and O–H groups in total. The summed E-state index contributed by atoms with van der Waals surface area (Å²) in [6.07, 6.45) is 4.23. The van der Waals surface area contributed by atoms with Crippen molar-refractivity contribution in [2.75, 3.05) is 31.6 Å². The molecular weight excluding hydrogens is 302 g/mol. The zero-order valence-corrected chi connectivity index (χ0v) is 13.9. The van der Waals surface area contributed by atoms with Gasteiger partial charge in [0.05, 0.1) is 12.5 Å². The summed E-state index contributed by atoms with van der Waals surface area (Å²) in [5, 5.41) is 9.35. The Morgan fingerprint density at radius 3 is 2.92 bits per heavy atom. The van der Waals surface area contributed by atoms with E-state index in [1.165, 1.54) is 11.3 Å². The van der Waals surface area contributed by atoms with E-state index in [0.29, 0.717) is 19.6 Å². The van der Waals surface area contributed by atoms with Gasteiger partial charge in [-0.15, -0.1) is 0 Å². The molecule has 0 aliphatic carbocycles. The second kappa shape index (κ2) is 7.45. The fraction of sp³-hybridized carbons (Fsp3) is 0.368. The van der Waals surface area contributed by atoms with E-state index in [2.05, 4.69) is 22.0 Å². The number of nitrogens with zero attached hydrogens (tertiary/aromatic N) is 3. The predicted molar refractivity (Wildman–Crippen MR) is 93.6 cm³/mol. The number of carbonyl (C=O) groups is 1. The molecule has 0 radical (unpaired) electrons. The summed E-state index contributed by atoms with van der Waals surface area (Å²) in [4.78, 5) is 21.0. The highest BCUT2D eigenvalue weighted by Crippen LogP contribution is 2.29. The lowest BCUT2D eigenvalue weighted by molar-refractivity contribution is -0.136. The molecule has 1 atom stereocenters. The Hall–Kier alpha value is -2.40. The van der Waals surface area contributed by atoms with E-state index < -0.39 is 0 Å². The normalized spacial score (nSPS) is 16.6. The third-order valence-electron chi connectivity index (χ3n) is 4.49. The van der Waals surface area contributed by atoms with Crippen LogP contribution in [0.1, 0.15) is 11.1 Å². The van der Waals surface area contributed by atoms with E-state index >= 15 is 0 Å². The summed E-state index contributed by atoms with van der Waals surface area (Å²) < 4.78 is 0. The van der Waals surface area contributed by atoms with Gasteiger partial charge < -0.3 is 14.9 Å². The van der Waals surface area contributed by atoms with Gasteiger partial charge in [-0.3, -0.25) is 9.78 Å². The molecule has 0 fully saturated rings. The maximum absolute atomic E-state index is 13.0. The Morgan fingerprint density at radius 2 is 2.17 bits per heavy atom. The lowest BCUT2D eigenvalue weighted by atomic mass is 9.91. The maximum atomic E-state index is 13.0. The van der Waals surface area contributed by atoms with Crippen LogP contribution in [0.5, 0.6) is 0 Å². The van der Waals surface area contributed by atoms with E-state index in [0.717, 1.165) is 12.0 Å². The number of aromatic nitrogens is 1. The van der Waals surface area contributed by atoms with E-state index in [1.807, 2.05) is 31.3 Å². The van der Waals surface area contributed by atoms with Crippen LogP contribution < -0.4 is 4.90 Å². The molecule has 0 spiro atoms. The Morgan fingerprint density at radius 1 is 1.33 bits per heavy atom. The van der Waals surface area contributed by atoms with Gasteiger partial charge in [0.2, 0.25) is 5.91 Å². The topological polar surface area (TPSA) is 56.7 Å². The second-order valence-electron chi connectivity index (χ2n) is 6.25. The summed E-state index contributed by atoms with van der Waals surface area (Å²) in [7, 11) is 2.02. The molecule has 1 aromatic carbocycles. The minimum atomic E-state index is -0.0897. The fourth-order valence-corrected chi connectivity index (χ4v) is 3.34. The van der Waals surface area contributed by atoms with Crippen molar-refractivity contribution >= 4 is 11.6 Å². The smallest absolute Gasteiger partial charge is 0.228 e. The first kappa shape index (κ1) is 16.5. The van der Waals surface area contributed by atoms with Crippen LogP contribution >= 0.6 is 0 Å². The summed E-state index contributed by atoms with van der Waals surface area (Å²) in [5.74, 6) is 0.00220. The third kappa shape index (κ3) is 3.57. The average Bonchev–Trinajstić information content (AvgIpc) is 2.61. The van der Waals surface area contributed by atoms with E-state index in [-0.39, 0.29) is 18.4 Å². The molecule has 5 heteroatoms. The minimum absolute atomic E-state index is 0.0366. The number of para-hydroxylation sites is 1. The molecule has 0 bridgehead atoms. The van der Waals surface area contributed by atoms with Gasteiger partial charge in [-0.25, -0.2) is 0 Å². The van der Waals surface area contributed by atoms with Crippen molar-refractivity contribution in [3.63, 3.8) is 0 Å². The number of aliphatic hydroxyl groups excluding tert-OH is 1. The fourth-order valence-electron chi connectivity index (χ4n) is 3.34. The highest BCUT2D eigenvalue weighted by atomic mass is 16.3. The van der Waals surface area contributed by atoms with Crippen molar-refractivity contribution in [1.82, 2.24) is 9.88 Å². The Balaban J connectivity index is 1.76. The molecule has 126 valence electrons. The van der Waals surface area contributed by atoms with Gasteiger partial charge in [0.1, 0.15) is 0 Å². The summed E-state index contributed by atoms with van der Waals surface area (Å²) in [6, 6.07) is 12.0. The Kier molecular flexibility index (Phi) is 5.11. The van der Waals surface area contributed by atoms with Crippen molar-refractivity contribution in [2.45, 2.75) is 13.0 Å². The molecule has 24 heavy (non-hydrogen) atoms. The van der Waals surface area contributed by atoms with Gasteiger partial charge in [-0.05, 0) is 29.7 Å². The number of amides is 1. The van der Waals surface area contributed by atoms with Crippen LogP contribution in [-0.2, 0) is 17.8 Å². The molecule has 3 rings (SSSR count). The van der Waals surface area contributed by atoms with Gasteiger partial charge in [-0.2, -0.15) is 0 Å². The number of hydrogen-bond donors (Lipinski definition) is 1. The number of benzene rings is 1. The molecule has 1 unspecified atom stereocenters. The second-order valence-corrected chi connectivity index (χ2v) is 6.25. The maximum Gasteiger partial charge on any atom is 0.228 e. The van der Waals surface area contributed by atoms with Crippen LogP contribution in [0.25, 0.3) is 0 Å². The van der Waals surface area contributed by atoms with Crippen molar-refractivity contribution in [3.8, 4) is 0 Å². The predicted octanol–water partition coefficient (Wildman–Crippen LogP) is 1.71. The van der Waals surface area contributed by atoms with Crippen LogP contribution in [0.4, 0.5) is 5.69 Å². The molecule has 2 heterocycles. The van der Waals surface area contributed by atoms with Crippen LogP contribution in [0.3, 0.4) is 0 Å². The zero-order valence-electron chi connectivity index (χ0n) is 13.9. The molecule has 1 aliphatic heterocycles. The zero-order chi connectivity index (χ0) is 16.9. The van der Waals surface area contributed by atoms with Gasteiger partial charge >= 0.3 is 0 Å². The number of aliphatic hydroxyl groups is 1. The number of anilines is 1. The number of carbonyl (C=O) groups excluding carboxylic acids is 1. The van der Waals surface area contributed by atoms with Crippen LogP contribution in [-0.4, -0.2) is 47.6 Å². The standard InChI is InChI=1S/C19H23N3O2/c1-21-14-17(11-16-6-2-3-7-18(16)21)19(24)22(9-10-23)13-15-5-4-8-20-12-15/h2-8,12,17,23H,9-11,13-14H2,1H3. The lowest BCUT2D eigenvalue weighted by Gasteiger charge is -2.35. The number of rotatable bonds is 5. The summed E-state index contributed by atoms with van der Waals surface area (Å²) in [5.41, 5.74) is 3.38. The number of hydrogen-bond acceptors (Lipinski definition) is 4. The lowest BCUT2D eigenvalue weighted by Crippen LogP contribution is -2.44. The number of fused-ring (bicyclic) bond motifs is 1. The largest absolute Gasteiger partial charge is 0.395 e. The summed E-state index contributed by atoms with van der Waals surface area (Å²) in [6.45, 7) is 1.49. The van der Waals surface area contributed by atoms with Crippen molar-refractivity contribution in [1.29, 1.82) is 0 Å². The highest BCUT2D eigenvalue weighted by molar-refractivity contribution is 5.81. The Bertz CT molecular complexity index is 686. The van der Waals surface area contributed by atoms with Gasteiger partial charge in [0.15, 0.2) is 0 Å². The molecule has 5 nitrogen and oxygen atoms in total. The molecule has 2 aromatic rings. The first-order valence-electron chi connectivity index (χ1n) is 8.26. The first-order valence-corrected chi connectivity index (χ1v) is 8.26. The monoisotopic (exact) mass is 325 g/mol. The quantitative estimate of drug-likeness (QED) is 0.909. The van der Waals surface area contributed by atoms with Crippen LogP contribution in [0.15, 0.2) is 48.8 Å². The van der Waals surface area contributed by atoms with E-state index in [9.17, 15) is 9.90 Å². The van der Waals surface area contributed by atoms with Gasteiger partial charge in [-0.1, -0.05) is 24.3 Å². The molecule has 0 saturated heterocycles. The number of pyridine rings is 1. The SMILES string of the molecule is CN1CC(C(=O)N(CCO)Cc2cccnc2)Cc2ccccc21. The highest BCUT2D eigenvalue weighted by Gasteiger charge is 2.30. The molecule has 1 aromatic heterocycles. The Labute approximate surface area is 142 Å². The van der Waals surface area contributed by atoms with Crippen molar-refractivity contribution < 1.29 is 9.90 Å². The third-order valence-corrected chi connectivity index (χ3v) is 4.49. The van der Waals surface area contributed by atoms with Crippen LogP contribution in [0.2, 0.25) is 0 Å². The molecular formula is C19H23N3O2. The molecule has 0 saturated carbocycles.